The molecule has 0 aromatic heterocycles. The molecular formula is C19H30N4O2. The Morgan fingerprint density at radius 2 is 1.72 bits per heavy atom. The number of nitrogens with one attached hydrogen (secondary N) is 2. The summed E-state index contributed by atoms with van der Waals surface area (Å²) in [5.74, 6) is -0.154. The van der Waals surface area contributed by atoms with E-state index in [4.69, 9.17) is 5.73 Å². The Morgan fingerprint density at radius 1 is 1.08 bits per heavy atom. The minimum atomic E-state index is -0.718. The summed E-state index contributed by atoms with van der Waals surface area (Å²) in [5, 5.41) is 5.82. The van der Waals surface area contributed by atoms with Crippen molar-refractivity contribution in [3.8, 4) is 0 Å². The SMILES string of the molecule is CN(C)CCNC(=O)c1ccc(CNC(=O)C2(N)CCCCC2)cc1. The van der Waals surface area contributed by atoms with E-state index in [2.05, 4.69) is 10.6 Å². The van der Waals surface area contributed by atoms with E-state index in [0.717, 1.165) is 44.2 Å². The van der Waals surface area contributed by atoms with Gasteiger partial charge >= 0.3 is 0 Å². The smallest absolute Gasteiger partial charge is 0.251 e. The second-order valence-electron chi connectivity index (χ2n) is 7.16. The largest absolute Gasteiger partial charge is 0.351 e. The molecule has 0 radical (unpaired) electrons. The zero-order chi connectivity index (χ0) is 18.3. The number of rotatable bonds is 7. The van der Waals surface area contributed by atoms with E-state index < -0.39 is 5.54 Å². The second kappa shape index (κ2) is 8.97. The lowest BCUT2D eigenvalue weighted by Gasteiger charge is -2.31. The fourth-order valence-corrected chi connectivity index (χ4v) is 3.04. The number of hydrogen-bond acceptors (Lipinski definition) is 4. The predicted octanol–water partition coefficient (Wildman–Crippen LogP) is 1.26. The van der Waals surface area contributed by atoms with Gasteiger partial charge < -0.3 is 21.3 Å². The molecule has 0 bridgehead atoms. The number of hydrogen-bond donors (Lipinski definition) is 3. The van der Waals surface area contributed by atoms with Crippen molar-refractivity contribution >= 4 is 11.8 Å². The Morgan fingerprint density at radius 3 is 2.32 bits per heavy atom. The number of nitrogens with two attached hydrogens (primary N) is 1. The van der Waals surface area contributed by atoms with E-state index in [1.165, 1.54) is 0 Å². The van der Waals surface area contributed by atoms with Crippen LogP contribution in [0.25, 0.3) is 0 Å². The molecule has 0 atom stereocenters. The Bertz CT molecular complexity index is 578. The van der Waals surface area contributed by atoms with Crippen LogP contribution in [0.5, 0.6) is 0 Å². The Kier molecular flexibility index (Phi) is 6.96. The van der Waals surface area contributed by atoms with Gasteiger partial charge in [0.1, 0.15) is 0 Å². The van der Waals surface area contributed by atoms with Crippen LogP contribution >= 0.6 is 0 Å². The molecule has 6 nitrogen and oxygen atoms in total. The van der Waals surface area contributed by atoms with Crippen LogP contribution in [0.1, 0.15) is 48.0 Å². The lowest BCUT2D eigenvalue weighted by atomic mass is 9.82. The molecule has 138 valence electrons. The first kappa shape index (κ1) is 19.4. The molecule has 1 aliphatic rings. The van der Waals surface area contributed by atoms with Gasteiger partial charge in [-0.25, -0.2) is 0 Å². The number of amides is 2. The van der Waals surface area contributed by atoms with Crippen LogP contribution in [0.15, 0.2) is 24.3 Å². The molecule has 0 heterocycles. The van der Waals surface area contributed by atoms with E-state index in [9.17, 15) is 9.59 Å². The molecule has 1 aliphatic carbocycles. The minimum absolute atomic E-state index is 0.0716. The normalized spacial score (nSPS) is 16.5. The number of likely N-dealkylation sites (N-methyl/N-ethyl adjacent to an activating group) is 1. The van der Waals surface area contributed by atoms with Gasteiger partial charge in [0.15, 0.2) is 0 Å². The molecule has 0 aliphatic heterocycles. The quantitative estimate of drug-likeness (QED) is 0.693. The zero-order valence-electron chi connectivity index (χ0n) is 15.3. The first-order valence-corrected chi connectivity index (χ1v) is 9.00. The molecule has 25 heavy (non-hydrogen) atoms. The minimum Gasteiger partial charge on any atom is -0.351 e. The molecule has 6 heteroatoms. The molecule has 1 saturated carbocycles. The maximum atomic E-state index is 12.3. The molecule has 1 aromatic rings. The van der Waals surface area contributed by atoms with Crippen molar-refractivity contribution in [2.45, 2.75) is 44.2 Å². The van der Waals surface area contributed by atoms with Crippen molar-refractivity contribution in [1.29, 1.82) is 0 Å². The first-order valence-electron chi connectivity index (χ1n) is 9.00. The van der Waals surface area contributed by atoms with Crippen LogP contribution in [0, 0.1) is 0 Å². The summed E-state index contributed by atoms with van der Waals surface area (Å²) in [6, 6.07) is 7.30. The van der Waals surface area contributed by atoms with Gasteiger partial charge in [0, 0.05) is 25.2 Å². The van der Waals surface area contributed by atoms with Gasteiger partial charge in [-0.05, 0) is 44.6 Å². The molecule has 0 spiro atoms. The summed E-state index contributed by atoms with van der Waals surface area (Å²) in [6.45, 7) is 1.85. The highest BCUT2D eigenvalue weighted by atomic mass is 16.2. The third kappa shape index (κ3) is 5.83. The van der Waals surface area contributed by atoms with Gasteiger partial charge in [-0.1, -0.05) is 31.4 Å². The predicted molar refractivity (Wildman–Crippen MR) is 99.2 cm³/mol. The van der Waals surface area contributed by atoms with Crippen molar-refractivity contribution in [3.63, 3.8) is 0 Å². The van der Waals surface area contributed by atoms with Crippen molar-refractivity contribution < 1.29 is 9.59 Å². The summed E-state index contributed by atoms with van der Waals surface area (Å²) < 4.78 is 0. The van der Waals surface area contributed by atoms with Crippen molar-refractivity contribution in [3.05, 3.63) is 35.4 Å². The summed E-state index contributed by atoms with van der Waals surface area (Å²) in [6.07, 6.45) is 4.70. The van der Waals surface area contributed by atoms with Crippen LogP contribution in [0.4, 0.5) is 0 Å². The van der Waals surface area contributed by atoms with E-state index in [1.54, 1.807) is 12.1 Å². The molecule has 0 unspecified atom stereocenters. The van der Waals surface area contributed by atoms with Crippen molar-refractivity contribution in [1.82, 2.24) is 15.5 Å². The van der Waals surface area contributed by atoms with Crippen LogP contribution in [0.2, 0.25) is 0 Å². The van der Waals surface area contributed by atoms with Crippen molar-refractivity contribution in [2.24, 2.45) is 5.73 Å². The average molecular weight is 346 g/mol. The van der Waals surface area contributed by atoms with Gasteiger partial charge in [-0.15, -0.1) is 0 Å². The number of carbonyl (C=O) groups excluding carboxylic acids is 2. The van der Waals surface area contributed by atoms with Gasteiger partial charge in [0.25, 0.3) is 5.91 Å². The third-order valence-electron chi connectivity index (χ3n) is 4.71. The van der Waals surface area contributed by atoms with E-state index in [-0.39, 0.29) is 11.8 Å². The van der Waals surface area contributed by atoms with Crippen LogP contribution in [-0.2, 0) is 11.3 Å². The van der Waals surface area contributed by atoms with Crippen LogP contribution < -0.4 is 16.4 Å². The standard InChI is InChI=1S/C19H30N4O2/c1-23(2)13-12-21-17(24)16-8-6-15(7-9-16)14-22-18(25)19(20)10-4-3-5-11-19/h6-9H,3-5,10-14,20H2,1-2H3,(H,21,24)(H,22,25). The topological polar surface area (TPSA) is 87.5 Å². The molecule has 2 rings (SSSR count). The first-order chi connectivity index (χ1) is 11.9. The maximum absolute atomic E-state index is 12.3. The molecule has 1 fully saturated rings. The van der Waals surface area contributed by atoms with Gasteiger partial charge in [0.05, 0.1) is 5.54 Å². The van der Waals surface area contributed by atoms with Gasteiger partial charge in [0.2, 0.25) is 5.91 Å². The fraction of sp³-hybridized carbons (Fsp3) is 0.579. The molecule has 1 aromatic carbocycles. The van der Waals surface area contributed by atoms with E-state index in [1.807, 2.05) is 31.1 Å². The molecule has 0 saturated heterocycles. The van der Waals surface area contributed by atoms with Gasteiger partial charge in [-0.2, -0.15) is 0 Å². The van der Waals surface area contributed by atoms with E-state index in [0.29, 0.717) is 18.7 Å². The summed E-state index contributed by atoms with van der Waals surface area (Å²) >= 11 is 0. The lowest BCUT2D eigenvalue weighted by Crippen LogP contribution is -2.54. The summed E-state index contributed by atoms with van der Waals surface area (Å²) in [7, 11) is 3.93. The number of nitrogens with zero attached hydrogens (tertiary/aromatic N) is 1. The Balaban J connectivity index is 1.81. The highest BCUT2D eigenvalue weighted by Crippen LogP contribution is 2.26. The lowest BCUT2D eigenvalue weighted by molar-refractivity contribution is -0.127. The van der Waals surface area contributed by atoms with Gasteiger partial charge in [-0.3, -0.25) is 9.59 Å². The second-order valence-corrected chi connectivity index (χ2v) is 7.16. The van der Waals surface area contributed by atoms with Crippen molar-refractivity contribution in [2.75, 3.05) is 27.2 Å². The summed E-state index contributed by atoms with van der Waals surface area (Å²) in [4.78, 5) is 26.4. The summed E-state index contributed by atoms with van der Waals surface area (Å²) in [5.41, 5.74) is 7.09. The molecular weight excluding hydrogens is 316 g/mol. The zero-order valence-corrected chi connectivity index (χ0v) is 15.3. The Hall–Kier alpha value is -1.92. The highest BCUT2D eigenvalue weighted by Gasteiger charge is 2.34. The maximum Gasteiger partial charge on any atom is 0.251 e. The van der Waals surface area contributed by atoms with Crippen LogP contribution in [-0.4, -0.2) is 49.4 Å². The average Bonchev–Trinajstić information content (AvgIpc) is 2.60. The monoisotopic (exact) mass is 346 g/mol. The highest BCUT2D eigenvalue weighted by molar-refractivity contribution is 5.94. The molecule has 4 N–H and O–H groups in total. The third-order valence-corrected chi connectivity index (χ3v) is 4.71. The number of carbonyl (C=O) groups is 2. The molecule has 2 amide bonds. The number of benzene rings is 1. The van der Waals surface area contributed by atoms with Crippen LogP contribution in [0.3, 0.4) is 0 Å². The Labute approximate surface area is 150 Å². The van der Waals surface area contributed by atoms with E-state index >= 15 is 0 Å². The fourth-order valence-electron chi connectivity index (χ4n) is 3.04.